The largest absolute Gasteiger partial charge is 0.495 e. The second kappa shape index (κ2) is 5.33. The second-order valence-corrected chi connectivity index (χ2v) is 6.49. The van der Waals surface area contributed by atoms with Crippen LogP contribution < -0.4 is 9.47 Å². The lowest BCUT2D eigenvalue weighted by Crippen LogP contribution is -2.02. The Balaban J connectivity index is 2.13. The van der Waals surface area contributed by atoms with E-state index in [1.807, 2.05) is 30.3 Å². The molecule has 3 heteroatoms. The normalized spacial score (nSPS) is 11.6. The fourth-order valence-corrected chi connectivity index (χ4v) is 4.07. The summed E-state index contributed by atoms with van der Waals surface area (Å²) in [5.74, 6) is 1.15. The maximum Gasteiger partial charge on any atom is 0.308 e. The van der Waals surface area contributed by atoms with Gasteiger partial charge >= 0.3 is 5.97 Å². The van der Waals surface area contributed by atoms with Gasteiger partial charge in [-0.3, -0.25) is 4.79 Å². The Morgan fingerprint density at radius 2 is 1.54 bits per heavy atom. The molecule has 0 amide bonds. The summed E-state index contributed by atoms with van der Waals surface area (Å²) < 4.78 is 11.4. The van der Waals surface area contributed by atoms with Crippen LogP contribution in [0.1, 0.15) is 6.92 Å². The Kier molecular flexibility index (Phi) is 3.07. The molecule has 5 rings (SSSR count). The van der Waals surface area contributed by atoms with Gasteiger partial charge in [-0.15, -0.1) is 0 Å². The Morgan fingerprint density at radius 1 is 0.769 bits per heavy atom. The number of ether oxygens (including phenoxy) is 2. The van der Waals surface area contributed by atoms with E-state index in [1.54, 1.807) is 7.11 Å². The van der Waals surface area contributed by atoms with Crippen LogP contribution in [0.15, 0.2) is 60.7 Å². The van der Waals surface area contributed by atoms with E-state index in [1.165, 1.54) is 6.92 Å². The lowest BCUT2D eigenvalue weighted by atomic mass is 9.90. The van der Waals surface area contributed by atoms with Crippen LogP contribution in [0.25, 0.3) is 43.1 Å². The molecular weight excluding hydrogens is 324 g/mol. The summed E-state index contributed by atoms with van der Waals surface area (Å²) in [7, 11) is 1.71. The summed E-state index contributed by atoms with van der Waals surface area (Å²) in [5, 5.41) is 8.57. The first kappa shape index (κ1) is 15.0. The van der Waals surface area contributed by atoms with E-state index < -0.39 is 0 Å². The third kappa shape index (κ3) is 1.91. The van der Waals surface area contributed by atoms with Crippen molar-refractivity contribution in [3.63, 3.8) is 0 Å². The number of hydrogen-bond donors (Lipinski definition) is 0. The van der Waals surface area contributed by atoms with Crippen molar-refractivity contribution < 1.29 is 14.3 Å². The minimum absolute atomic E-state index is 0.318. The quantitative estimate of drug-likeness (QED) is 0.180. The first-order valence-corrected chi connectivity index (χ1v) is 8.53. The Morgan fingerprint density at radius 3 is 2.31 bits per heavy atom. The maximum atomic E-state index is 11.7. The molecule has 0 spiro atoms. The smallest absolute Gasteiger partial charge is 0.308 e. The maximum absolute atomic E-state index is 11.7. The molecule has 0 fully saturated rings. The summed E-state index contributed by atoms with van der Waals surface area (Å²) in [5.41, 5.74) is 0. The molecule has 5 aromatic carbocycles. The van der Waals surface area contributed by atoms with Gasteiger partial charge in [0.15, 0.2) is 0 Å². The van der Waals surface area contributed by atoms with Crippen molar-refractivity contribution >= 4 is 49.1 Å². The average molecular weight is 340 g/mol. The minimum atomic E-state index is -0.318. The highest BCUT2D eigenvalue weighted by molar-refractivity contribution is 6.32. The van der Waals surface area contributed by atoms with Crippen LogP contribution in [0.4, 0.5) is 0 Å². The molecule has 0 saturated carbocycles. The zero-order valence-corrected chi connectivity index (χ0v) is 14.5. The molecule has 0 aromatic heterocycles. The third-order valence-electron chi connectivity index (χ3n) is 5.02. The van der Waals surface area contributed by atoms with Crippen LogP contribution in [0.5, 0.6) is 11.5 Å². The Bertz CT molecular complexity index is 1320. The molecule has 0 bridgehead atoms. The third-order valence-corrected chi connectivity index (χ3v) is 5.02. The number of carbonyl (C=O) groups is 1. The molecule has 3 nitrogen and oxygen atoms in total. The van der Waals surface area contributed by atoms with Gasteiger partial charge in [0.1, 0.15) is 11.5 Å². The molecule has 0 aliphatic rings. The number of hydrogen-bond acceptors (Lipinski definition) is 3. The number of fused-ring (bicyclic) bond motifs is 2. The van der Waals surface area contributed by atoms with Crippen LogP contribution in [-0.4, -0.2) is 13.1 Å². The van der Waals surface area contributed by atoms with Crippen molar-refractivity contribution in [3.05, 3.63) is 60.7 Å². The number of esters is 1. The topological polar surface area (TPSA) is 35.5 Å². The average Bonchev–Trinajstić information content (AvgIpc) is 2.66. The van der Waals surface area contributed by atoms with E-state index in [2.05, 4.69) is 30.3 Å². The number of carbonyl (C=O) groups excluding carboxylic acids is 1. The predicted molar refractivity (Wildman–Crippen MR) is 106 cm³/mol. The molecule has 0 aliphatic heterocycles. The van der Waals surface area contributed by atoms with Crippen molar-refractivity contribution in [2.24, 2.45) is 0 Å². The van der Waals surface area contributed by atoms with Gasteiger partial charge < -0.3 is 9.47 Å². The molecule has 0 aliphatic carbocycles. The van der Waals surface area contributed by atoms with Crippen LogP contribution in [0.3, 0.4) is 0 Å². The lowest BCUT2D eigenvalue weighted by molar-refractivity contribution is -0.131. The zero-order valence-electron chi connectivity index (χ0n) is 14.5. The highest BCUT2D eigenvalue weighted by atomic mass is 16.5. The van der Waals surface area contributed by atoms with Crippen molar-refractivity contribution in [1.29, 1.82) is 0 Å². The summed E-state index contributed by atoms with van der Waals surface area (Å²) in [6.07, 6.45) is 0. The molecule has 0 N–H and O–H groups in total. The molecule has 126 valence electrons. The predicted octanol–water partition coefficient (Wildman–Crippen LogP) is 5.67. The van der Waals surface area contributed by atoms with E-state index in [0.29, 0.717) is 5.75 Å². The standard InChI is InChI=1S/C23H16O3/c1-13(24)26-20-12-19-15-7-3-4-8-16(15)23(25-2)18-11-10-14-6-5-9-17(20)21(14)22(18)19/h3-12H,1-2H3. The molecule has 26 heavy (non-hydrogen) atoms. The van der Waals surface area contributed by atoms with Gasteiger partial charge in [-0.1, -0.05) is 48.5 Å². The molecule has 0 radical (unpaired) electrons. The van der Waals surface area contributed by atoms with Crippen molar-refractivity contribution in [2.75, 3.05) is 7.11 Å². The SMILES string of the molecule is COc1c2ccccc2c2cc(OC(C)=O)c3cccc4ccc1c2c43. The number of methoxy groups -OCH3 is 1. The minimum Gasteiger partial charge on any atom is -0.495 e. The fraction of sp³-hybridized carbons (Fsp3) is 0.0870. The van der Waals surface area contributed by atoms with Crippen molar-refractivity contribution in [2.45, 2.75) is 6.92 Å². The summed E-state index contributed by atoms with van der Waals surface area (Å²) >= 11 is 0. The van der Waals surface area contributed by atoms with Gasteiger partial charge in [0.2, 0.25) is 0 Å². The van der Waals surface area contributed by atoms with Gasteiger partial charge in [-0.2, -0.15) is 0 Å². The molecular formula is C23H16O3. The fourth-order valence-electron chi connectivity index (χ4n) is 4.07. The van der Waals surface area contributed by atoms with E-state index >= 15 is 0 Å². The van der Waals surface area contributed by atoms with Gasteiger partial charge in [0.25, 0.3) is 0 Å². The molecule has 0 heterocycles. The Labute approximate surface area is 150 Å². The summed E-state index contributed by atoms with van der Waals surface area (Å²) in [4.78, 5) is 11.7. The summed E-state index contributed by atoms with van der Waals surface area (Å²) in [6, 6.07) is 20.4. The first-order chi connectivity index (χ1) is 12.7. The number of rotatable bonds is 2. The van der Waals surface area contributed by atoms with E-state index in [-0.39, 0.29) is 5.97 Å². The van der Waals surface area contributed by atoms with Gasteiger partial charge in [-0.05, 0) is 28.3 Å². The van der Waals surface area contributed by atoms with Crippen LogP contribution in [-0.2, 0) is 4.79 Å². The zero-order chi connectivity index (χ0) is 17.8. The Hall–Kier alpha value is -3.33. The van der Waals surface area contributed by atoms with E-state index in [9.17, 15) is 4.79 Å². The van der Waals surface area contributed by atoms with Crippen LogP contribution in [0, 0.1) is 0 Å². The molecule has 0 saturated heterocycles. The van der Waals surface area contributed by atoms with E-state index in [0.717, 1.165) is 48.8 Å². The van der Waals surface area contributed by atoms with Crippen LogP contribution >= 0.6 is 0 Å². The number of benzene rings is 5. The highest BCUT2D eigenvalue weighted by Gasteiger charge is 2.19. The van der Waals surface area contributed by atoms with Crippen LogP contribution in [0.2, 0.25) is 0 Å². The molecule has 5 aromatic rings. The molecule has 0 unspecified atom stereocenters. The van der Waals surface area contributed by atoms with Crippen molar-refractivity contribution in [1.82, 2.24) is 0 Å². The van der Waals surface area contributed by atoms with Gasteiger partial charge in [0, 0.05) is 33.9 Å². The monoisotopic (exact) mass is 340 g/mol. The highest BCUT2D eigenvalue weighted by Crippen LogP contribution is 2.46. The van der Waals surface area contributed by atoms with Crippen molar-refractivity contribution in [3.8, 4) is 11.5 Å². The van der Waals surface area contributed by atoms with Gasteiger partial charge in [0.05, 0.1) is 7.11 Å². The lowest BCUT2D eigenvalue weighted by Gasteiger charge is -2.18. The molecule has 0 atom stereocenters. The van der Waals surface area contributed by atoms with E-state index in [4.69, 9.17) is 9.47 Å². The summed E-state index contributed by atoms with van der Waals surface area (Å²) in [6.45, 7) is 1.43. The van der Waals surface area contributed by atoms with Gasteiger partial charge in [-0.25, -0.2) is 0 Å². The second-order valence-electron chi connectivity index (χ2n) is 6.49. The first-order valence-electron chi connectivity index (χ1n) is 8.53.